The summed E-state index contributed by atoms with van der Waals surface area (Å²) in [5, 5.41) is 12.0. The van der Waals surface area contributed by atoms with Crippen molar-refractivity contribution in [3.8, 4) is 5.75 Å². The van der Waals surface area contributed by atoms with Crippen molar-refractivity contribution in [3.63, 3.8) is 0 Å². The van der Waals surface area contributed by atoms with Crippen molar-refractivity contribution in [2.45, 2.75) is 12.5 Å². The summed E-state index contributed by atoms with van der Waals surface area (Å²) >= 11 is 0. The van der Waals surface area contributed by atoms with E-state index in [9.17, 15) is 9.90 Å². The number of carboxylic acids is 1. The zero-order valence-corrected chi connectivity index (χ0v) is 9.07. The summed E-state index contributed by atoms with van der Waals surface area (Å²) in [6, 6.07) is 7.08. The molecule has 1 aromatic carbocycles. The van der Waals surface area contributed by atoms with Crippen LogP contribution in [0.2, 0.25) is 0 Å². The number of aliphatic carboxylic acids is 1. The minimum atomic E-state index is -1.13. The maximum Gasteiger partial charge on any atom is 0.328 e. The van der Waals surface area contributed by atoms with Crippen LogP contribution in [-0.4, -0.2) is 25.2 Å². The lowest BCUT2D eigenvalue weighted by molar-refractivity contribution is -0.144. The van der Waals surface area contributed by atoms with Crippen molar-refractivity contribution < 1.29 is 14.6 Å². The first-order valence-electron chi connectivity index (χ1n) is 4.62. The Morgan fingerprint density at radius 2 is 2.07 bits per heavy atom. The van der Waals surface area contributed by atoms with Crippen molar-refractivity contribution in [1.29, 1.82) is 0 Å². The molecule has 4 nitrogen and oxygen atoms in total. The Morgan fingerprint density at radius 3 is 2.53 bits per heavy atom. The van der Waals surface area contributed by atoms with Gasteiger partial charge in [-0.1, -0.05) is 18.2 Å². The van der Waals surface area contributed by atoms with Gasteiger partial charge >= 0.3 is 5.97 Å². The van der Waals surface area contributed by atoms with E-state index in [1.165, 1.54) is 7.11 Å². The van der Waals surface area contributed by atoms with Crippen LogP contribution < -0.4 is 10.1 Å². The van der Waals surface area contributed by atoms with Gasteiger partial charge in [-0.3, -0.25) is 0 Å². The molecular weight excluding hydrogens is 194 g/mol. The second kappa shape index (κ2) is 4.31. The fraction of sp³-hybridized carbons (Fsp3) is 0.364. The van der Waals surface area contributed by atoms with Crippen molar-refractivity contribution >= 4 is 5.97 Å². The quantitative estimate of drug-likeness (QED) is 0.782. The standard InChI is InChI=1S/C11H15NO3/c1-11(12-2,10(13)14)8-6-4-5-7-9(8)15-3/h4-7,12H,1-3H3,(H,13,14). The molecule has 0 amide bonds. The van der Waals surface area contributed by atoms with E-state index in [1.54, 1.807) is 38.2 Å². The third-order valence-corrected chi connectivity index (χ3v) is 2.57. The van der Waals surface area contributed by atoms with Crippen molar-refractivity contribution in [1.82, 2.24) is 5.32 Å². The molecular formula is C11H15NO3. The molecule has 0 heterocycles. The van der Waals surface area contributed by atoms with E-state index in [0.29, 0.717) is 11.3 Å². The zero-order valence-electron chi connectivity index (χ0n) is 9.07. The largest absolute Gasteiger partial charge is 0.496 e. The molecule has 0 bridgehead atoms. The minimum Gasteiger partial charge on any atom is -0.496 e. The fourth-order valence-corrected chi connectivity index (χ4v) is 1.41. The average Bonchev–Trinajstić information content (AvgIpc) is 2.27. The van der Waals surface area contributed by atoms with E-state index in [2.05, 4.69) is 5.32 Å². The lowest BCUT2D eigenvalue weighted by Crippen LogP contribution is -2.44. The van der Waals surface area contributed by atoms with E-state index in [-0.39, 0.29) is 0 Å². The maximum atomic E-state index is 11.2. The molecule has 0 saturated carbocycles. The summed E-state index contributed by atoms with van der Waals surface area (Å²) in [6.07, 6.45) is 0. The predicted molar refractivity (Wildman–Crippen MR) is 57.0 cm³/mol. The average molecular weight is 209 g/mol. The lowest BCUT2D eigenvalue weighted by atomic mass is 9.91. The van der Waals surface area contributed by atoms with E-state index in [0.717, 1.165) is 0 Å². The Hall–Kier alpha value is -1.55. The first-order chi connectivity index (χ1) is 7.06. The summed E-state index contributed by atoms with van der Waals surface area (Å²) in [6.45, 7) is 1.60. The molecule has 1 rings (SSSR count). The number of rotatable bonds is 4. The molecule has 0 aliphatic rings. The summed E-state index contributed by atoms with van der Waals surface area (Å²) in [5.74, 6) is -0.369. The molecule has 0 fully saturated rings. The topological polar surface area (TPSA) is 58.6 Å². The second-order valence-electron chi connectivity index (χ2n) is 3.38. The molecule has 82 valence electrons. The monoisotopic (exact) mass is 209 g/mol. The molecule has 0 aliphatic heterocycles. The normalized spacial score (nSPS) is 14.3. The number of ether oxygens (including phenoxy) is 1. The van der Waals surface area contributed by atoms with Gasteiger partial charge in [0.15, 0.2) is 0 Å². The first-order valence-corrected chi connectivity index (χ1v) is 4.62. The van der Waals surface area contributed by atoms with Crippen LogP contribution in [0, 0.1) is 0 Å². The zero-order chi connectivity index (χ0) is 11.5. The van der Waals surface area contributed by atoms with Crippen LogP contribution in [0.3, 0.4) is 0 Å². The molecule has 4 heteroatoms. The number of methoxy groups -OCH3 is 1. The number of benzene rings is 1. The molecule has 0 saturated heterocycles. The summed E-state index contributed by atoms with van der Waals surface area (Å²) in [4.78, 5) is 11.2. The molecule has 2 N–H and O–H groups in total. The Kier molecular flexibility index (Phi) is 3.31. The van der Waals surface area contributed by atoms with Gasteiger partial charge in [0.25, 0.3) is 0 Å². The highest BCUT2D eigenvalue weighted by molar-refractivity contribution is 5.81. The Bertz CT molecular complexity index is 365. The molecule has 0 aromatic heterocycles. The van der Waals surface area contributed by atoms with E-state index in [4.69, 9.17) is 4.74 Å². The highest BCUT2D eigenvalue weighted by Gasteiger charge is 2.35. The van der Waals surface area contributed by atoms with Crippen LogP contribution in [0.5, 0.6) is 5.75 Å². The van der Waals surface area contributed by atoms with Crippen molar-refractivity contribution in [2.75, 3.05) is 14.2 Å². The fourth-order valence-electron chi connectivity index (χ4n) is 1.41. The number of carbonyl (C=O) groups is 1. The highest BCUT2D eigenvalue weighted by Crippen LogP contribution is 2.29. The summed E-state index contributed by atoms with van der Waals surface area (Å²) in [5.41, 5.74) is -0.519. The summed E-state index contributed by atoms with van der Waals surface area (Å²) < 4.78 is 5.14. The van der Waals surface area contributed by atoms with Gasteiger partial charge < -0.3 is 15.2 Å². The number of hydrogen-bond acceptors (Lipinski definition) is 3. The van der Waals surface area contributed by atoms with Gasteiger partial charge in [-0.05, 0) is 20.0 Å². The van der Waals surface area contributed by atoms with Crippen LogP contribution in [0.25, 0.3) is 0 Å². The van der Waals surface area contributed by atoms with Crippen LogP contribution >= 0.6 is 0 Å². The van der Waals surface area contributed by atoms with Crippen LogP contribution in [0.4, 0.5) is 0 Å². The van der Waals surface area contributed by atoms with E-state index < -0.39 is 11.5 Å². The molecule has 1 unspecified atom stereocenters. The van der Waals surface area contributed by atoms with Gasteiger partial charge in [-0.2, -0.15) is 0 Å². The third-order valence-electron chi connectivity index (χ3n) is 2.57. The Balaban J connectivity index is 3.29. The number of nitrogens with one attached hydrogen (secondary N) is 1. The lowest BCUT2D eigenvalue weighted by Gasteiger charge is -2.26. The SMILES string of the molecule is CNC(C)(C(=O)O)c1ccccc1OC. The molecule has 1 aromatic rings. The van der Waals surface area contributed by atoms with E-state index >= 15 is 0 Å². The van der Waals surface area contributed by atoms with E-state index in [1.807, 2.05) is 0 Å². The maximum absolute atomic E-state index is 11.2. The van der Waals surface area contributed by atoms with Crippen LogP contribution in [-0.2, 0) is 10.3 Å². The van der Waals surface area contributed by atoms with Gasteiger partial charge in [-0.15, -0.1) is 0 Å². The van der Waals surface area contributed by atoms with Crippen molar-refractivity contribution in [2.24, 2.45) is 0 Å². The Morgan fingerprint density at radius 1 is 1.47 bits per heavy atom. The predicted octanol–water partition coefficient (Wildman–Crippen LogP) is 1.21. The van der Waals surface area contributed by atoms with Crippen molar-refractivity contribution in [3.05, 3.63) is 29.8 Å². The van der Waals surface area contributed by atoms with Gasteiger partial charge in [-0.25, -0.2) is 4.79 Å². The molecule has 0 aliphatic carbocycles. The number of para-hydroxylation sites is 1. The molecule has 15 heavy (non-hydrogen) atoms. The molecule has 0 spiro atoms. The van der Waals surface area contributed by atoms with Gasteiger partial charge in [0.2, 0.25) is 0 Å². The Labute approximate surface area is 88.9 Å². The third kappa shape index (κ3) is 1.94. The molecule has 1 atom stereocenters. The van der Waals surface area contributed by atoms with Crippen LogP contribution in [0.1, 0.15) is 12.5 Å². The number of hydrogen-bond donors (Lipinski definition) is 2. The van der Waals surface area contributed by atoms with Gasteiger partial charge in [0.05, 0.1) is 7.11 Å². The van der Waals surface area contributed by atoms with Gasteiger partial charge in [0.1, 0.15) is 11.3 Å². The minimum absolute atomic E-state index is 0.566. The van der Waals surface area contributed by atoms with Gasteiger partial charge in [0, 0.05) is 5.56 Å². The second-order valence-corrected chi connectivity index (χ2v) is 3.38. The number of carboxylic acid groups (broad SMARTS) is 1. The summed E-state index contributed by atoms with van der Waals surface area (Å²) in [7, 11) is 3.14. The first kappa shape index (κ1) is 11.5. The smallest absolute Gasteiger partial charge is 0.328 e. The molecule has 0 radical (unpaired) electrons. The number of likely N-dealkylation sites (N-methyl/N-ethyl adjacent to an activating group) is 1. The van der Waals surface area contributed by atoms with Crippen LogP contribution in [0.15, 0.2) is 24.3 Å². The highest BCUT2D eigenvalue weighted by atomic mass is 16.5.